The Labute approximate surface area is 128 Å². The number of rotatable bonds is 3. The number of carbonyl (C=O) groups is 1. The molecule has 0 atom stereocenters. The zero-order valence-electron chi connectivity index (χ0n) is 12.3. The molecule has 1 aliphatic heterocycles. The van der Waals surface area contributed by atoms with Crippen LogP contribution in [0.2, 0.25) is 0 Å². The zero-order valence-corrected chi connectivity index (χ0v) is 12.3. The Morgan fingerprint density at radius 1 is 1.23 bits per heavy atom. The van der Waals surface area contributed by atoms with Gasteiger partial charge in [0.2, 0.25) is 0 Å². The average Bonchev–Trinajstić information content (AvgIpc) is 2.56. The molecule has 0 unspecified atom stereocenters. The lowest BCUT2D eigenvalue weighted by atomic mass is 10.2. The molecule has 0 spiro atoms. The van der Waals surface area contributed by atoms with E-state index in [-0.39, 0.29) is 5.69 Å². The molecule has 7 heteroatoms. The van der Waals surface area contributed by atoms with Crippen LogP contribution in [-0.4, -0.2) is 64.2 Å². The fraction of sp³-hybridized carbons (Fsp3) is 0.333. The van der Waals surface area contributed by atoms with Gasteiger partial charge in [0.25, 0.3) is 0 Å². The predicted molar refractivity (Wildman–Crippen MR) is 81.9 cm³/mol. The van der Waals surface area contributed by atoms with Crippen molar-refractivity contribution >= 4 is 11.8 Å². The van der Waals surface area contributed by atoms with Crippen LogP contribution < -0.4 is 4.90 Å². The van der Waals surface area contributed by atoms with Crippen LogP contribution in [0.5, 0.6) is 0 Å². The summed E-state index contributed by atoms with van der Waals surface area (Å²) in [5.74, 6) is -0.0100. The number of pyridine rings is 1. The second kappa shape index (κ2) is 6.07. The van der Waals surface area contributed by atoms with Gasteiger partial charge in [-0.1, -0.05) is 0 Å². The maximum absolute atomic E-state index is 11.3. The first-order valence-corrected chi connectivity index (χ1v) is 7.10. The summed E-state index contributed by atoms with van der Waals surface area (Å²) in [6, 6.07) is 5.14. The summed E-state index contributed by atoms with van der Waals surface area (Å²) in [7, 11) is 2.07. The number of aromatic nitrogens is 3. The minimum atomic E-state index is -1.05. The summed E-state index contributed by atoms with van der Waals surface area (Å²) in [5.41, 5.74) is 0.712. The van der Waals surface area contributed by atoms with Gasteiger partial charge >= 0.3 is 5.97 Å². The van der Waals surface area contributed by atoms with Crippen LogP contribution in [-0.2, 0) is 0 Å². The minimum Gasteiger partial charge on any atom is -0.477 e. The van der Waals surface area contributed by atoms with Crippen LogP contribution in [0.3, 0.4) is 0 Å². The van der Waals surface area contributed by atoms with Crippen molar-refractivity contribution in [3.05, 3.63) is 36.3 Å². The molecule has 0 bridgehead atoms. The summed E-state index contributed by atoms with van der Waals surface area (Å²) in [5, 5.41) is 9.29. The molecule has 0 radical (unpaired) electrons. The second-order valence-electron chi connectivity index (χ2n) is 5.27. The Hall–Kier alpha value is -2.54. The van der Waals surface area contributed by atoms with Gasteiger partial charge < -0.3 is 14.9 Å². The summed E-state index contributed by atoms with van der Waals surface area (Å²) in [6.07, 6.45) is 3.29. The van der Waals surface area contributed by atoms with Crippen LogP contribution >= 0.6 is 0 Å². The fourth-order valence-corrected chi connectivity index (χ4v) is 2.37. The molecule has 2 aromatic heterocycles. The van der Waals surface area contributed by atoms with Gasteiger partial charge in [0.1, 0.15) is 5.82 Å². The fourth-order valence-electron chi connectivity index (χ4n) is 2.37. The van der Waals surface area contributed by atoms with Gasteiger partial charge in [-0.3, -0.25) is 4.98 Å². The highest BCUT2D eigenvalue weighted by molar-refractivity contribution is 5.87. The highest BCUT2D eigenvalue weighted by Crippen LogP contribution is 2.20. The molecule has 3 rings (SSSR count). The second-order valence-corrected chi connectivity index (χ2v) is 5.27. The third kappa shape index (κ3) is 3.04. The summed E-state index contributed by atoms with van der Waals surface area (Å²) < 4.78 is 0. The van der Waals surface area contributed by atoms with Crippen LogP contribution in [0.25, 0.3) is 11.4 Å². The van der Waals surface area contributed by atoms with Gasteiger partial charge in [-0.15, -0.1) is 0 Å². The van der Waals surface area contributed by atoms with Crippen LogP contribution in [0.4, 0.5) is 5.82 Å². The number of carboxylic acids is 1. The Bertz CT molecular complexity index is 669. The molecule has 0 amide bonds. The standard InChI is InChI=1S/C15H17N5O2/c1-19-5-7-20(8-6-19)13-9-12(15(21)22)17-14(18-13)11-3-2-4-16-10-11/h2-4,9-10H,5-8H2,1H3,(H,21,22). The molecule has 1 fully saturated rings. The van der Waals surface area contributed by atoms with E-state index < -0.39 is 5.97 Å². The number of nitrogens with zero attached hydrogens (tertiary/aromatic N) is 5. The highest BCUT2D eigenvalue weighted by atomic mass is 16.4. The Morgan fingerprint density at radius 3 is 2.64 bits per heavy atom. The molecule has 114 valence electrons. The molecule has 3 heterocycles. The molecule has 1 aliphatic rings. The lowest BCUT2D eigenvalue weighted by molar-refractivity contribution is 0.0690. The number of hydrogen-bond acceptors (Lipinski definition) is 6. The van der Waals surface area contributed by atoms with Crippen molar-refractivity contribution < 1.29 is 9.90 Å². The summed E-state index contributed by atoms with van der Waals surface area (Å²) in [4.78, 5) is 28.4. The van der Waals surface area contributed by atoms with Crippen molar-refractivity contribution in [2.45, 2.75) is 0 Å². The van der Waals surface area contributed by atoms with Crippen molar-refractivity contribution in [2.75, 3.05) is 38.1 Å². The first kappa shape index (κ1) is 14.4. The van der Waals surface area contributed by atoms with Gasteiger partial charge in [-0.05, 0) is 19.2 Å². The first-order valence-electron chi connectivity index (χ1n) is 7.10. The molecule has 2 aromatic rings. The molecule has 22 heavy (non-hydrogen) atoms. The first-order chi connectivity index (χ1) is 10.6. The molecule has 0 saturated carbocycles. The highest BCUT2D eigenvalue weighted by Gasteiger charge is 2.19. The van der Waals surface area contributed by atoms with E-state index in [0.29, 0.717) is 17.2 Å². The normalized spacial score (nSPS) is 15.8. The average molecular weight is 299 g/mol. The maximum atomic E-state index is 11.3. The van der Waals surface area contributed by atoms with E-state index >= 15 is 0 Å². The maximum Gasteiger partial charge on any atom is 0.354 e. The van der Waals surface area contributed by atoms with E-state index in [1.807, 2.05) is 6.07 Å². The van der Waals surface area contributed by atoms with Crippen LogP contribution in [0, 0.1) is 0 Å². The minimum absolute atomic E-state index is 0.00258. The third-order valence-corrected chi connectivity index (χ3v) is 3.68. The van der Waals surface area contributed by atoms with Crippen LogP contribution in [0.1, 0.15) is 10.5 Å². The molecule has 0 aromatic carbocycles. The molecule has 1 saturated heterocycles. The third-order valence-electron chi connectivity index (χ3n) is 3.68. The van der Waals surface area contributed by atoms with Crippen molar-refractivity contribution in [3.63, 3.8) is 0 Å². The topological polar surface area (TPSA) is 82.5 Å². The molecular formula is C15H17N5O2. The predicted octanol–water partition coefficient (Wildman–Crippen LogP) is 0.989. The monoisotopic (exact) mass is 299 g/mol. The number of hydrogen-bond donors (Lipinski definition) is 1. The van der Waals surface area contributed by atoms with Gasteiger partial charge in [0.15, 0.2) is 11.5 Å². The van der Waals surface area contributed by atoms with Crippen LogP contribution in [0.15, 0.2) is 30.6 Å². The molecular weight excluding hydrogens is 282 g/mol. The van der Waals surface area contributed by atoms with E-state index in [0.717, 1.165) is 26.2 Å². The smallest absolute Gasteiger partial charge is 0.354 e. The zero-order chi connectivity index (χ0) is 15.5. The van der Waals surface area contributed by atoms with Gasteiger partial charge in [0.05, 0.1) is 0 Å². The SMILES string of the molecule is CN1CCN(c2cc(C(=O)O)nc(-c3cccnc3)n2)CC1. The number of aromatic carboxylic acids is 1. The number of carboxylic acid groups (broad SMARTS) is 1. The Kier molecular flexibility index (Phi) is 3.97. The molecule has 1 N–H and O–H groups in total. The molecule has 7 nitrogen and oxygen atoms in total. The van der Waals surface area contributed by atoms with E-state index in [1.165, 1.54) is 6.07 Å². The van der Waals surface area contributed by atoms with Crippen molar-refractivity contribution in [1.82, 2.24) is 19.9 Å². The van der Waals surface area contributed by atoms with Gasteiger partial charge in [-0.2, -0.15) is 0 Å². The summed E-state index contributed by atoms with van der Waals surface area (Å²) in [6.45, 7) is 3.49. The number of likely N-dealkylation sites (N-methyl/N-ethyl adjacent to an activating group) is 1. The number of anilines is 1. The largest absolute Gasteiger partial charge is 0.477 e. The van der Waals surface area contributed by atoms with Crippen molar-refractivity contribution in [1.29, 1.82) is 0 Å². The van der Waals surface area contributed by atoms with E-state index in [4.69, 9.17) is 0 Å². The summed E-state index contributed by atoms with van der Waals surface area (Å²) >= 11 is 0. The lowest BCUT2D eigenvalue weighted by Crippen LogP contribution is -2.45. The van der Waals surface area contributed by atoms with Gasteiger partial charge in [-0.25, -0.2) is 14.8 Å². The Morgan fingerprint density at radius 2 is 2.00 bits per heavy atom. The lowest BCUT2D eigenvalue weighted by Gasteiger charge is -2.33. The van der Waals surface area contributed by atoms with Crippen molar-refractivity contribution in [3.8, 4) is 11.4 Å². The van der Waals surface area contributed by atoms with Gasteiger partial charge in [0, 0.05) is 50.2 Å². The quantitative estimate of drug-likeness (QED) is 0.905. The molecule has 0 aliphatic carbocycles. The Balaban J connectivity index is 1.99. The van der Waals surface area contributed by atoms with E-state index in [1.54, 1.807) is 18.5 Å². The number of piperazine rings is 1. The van der Waals surface area contributed by atoms with E-state index in [9.17, 15) is 9.90 Å². The van der Waals surface area contributed by atoms with Crippen molar-refractivity contribution in [2.24, 2.45) is 0 Å². The van der Waals surface area contributed by atoms with E-state index in [2.05, 4.69) is 31.8 Å².